The number of nitrogens with one attached hydrogen (secondary N) is 2. The Morgan fingerprint density at radius 3 is 2.69 bits per heavy atom. The van der Waals surface area contributed by atoms with Crippen LogP contribution in [0.3, 0.4) is 0 Å². The Labute approximate surface area is 175 Å². The van der Waals surface area contributed by atoms with Crippen molar-refractivity contribution < 1.29 is 22.7 Å². The van der Waals surface area contributed by atoms with Gasteiger partial charge in [0.1, 0.15) is 12.4 Å². The molecule has 1 amide bonds. The Morgan fingerprint density at radius 1 is 1.28 bits per heavy atom. The Kier molecular flexibility index (Phi) is 6.79. The molecule has 0 radical (unpaired) electrons. The molecule has 3 rings (SSSR count). The van der Waals surface area contributed by atoms with E-state index in [-0.39, 0.29) is 36.0 Å². The third kappa shape index (κ3) is 5.48. The van der Waals surface area contributed by atoms with Crippen molar-refractivity contribution in [2.45, 2.75) is 24.3 Å². The number of ether oxygens (including phenoxy) is 2. The summed E-state index contributed by atoms with van der Waals surface area (Å²) in [5.41, 5.74) is 1.40. The molecule has 7 nitrogen and oxygen atoms in total. The first-order valence-electron chi connectivity index (χ1n) is 9.12. The van der Waals surface area contributed by atoms with Gasteiger partial charge in [0, 0.05) is 23.9 Å². The second-order valence-corrected chi connectivity index (χ2v) is 9.11. The van der Waals surface area contributed by atoms with E-state index in [1.54, 1.807) is 37.3 Å². The van der Waals surface area contributed by atoms with Crippen LogP contribution in [0, 0.1) is 5.92 Å². The highest BCUT2D eigenvalue weighted by Gasteiger charge is 2.26. The second kappa shape index (κ2) is 9.13. The van der Waals surface area contributed by atoms with Crippen LogP contribution in [0.25, 0.3) is 0 Å². The van der Waals surface area contributed by atoms with E-state index in [2.05, 4.69) is 10.0 Å². The summed E-state index contributed by atoms with van der Waals surface area (Å²) in [7, 11) is -2.15. The fourth-order valence-electron chi connectivity index (χ4n) is 3.11. The molecule has 0 saturated carbocycles. The molecule has 9 heteroatoms. The lowest BCUT2D eigenvalue weighted by Gasteiger charge is -2.24. The van der Waals surface area contributed by atoms with E-state index >= 15 is 0 Å². The van der Waals surface area contributed by atoms with E-state index in [4.69, 9.17) is 21.1 Å². The maximum atomic E-state index is 12.6. The van der Waals surface area contributed by atoms with Crippen molar-refractivity contribution in [2.24, 2.45) is 5.92 Å². The van der Waals surface area contributed by atoms with Gasteiger partial charge in [-0.25, -0.2) is 13.1 Å². The summed E-state index contributed by atoms with van der Waals surface area (Å²) >= 11 is 6.02. The van der Waals surface area contributed by atoms with Gasteiger partial charge in [-0.05, 0) is 61.4 Å². The average molecular weight is 439 g/mol. The van der Waals surface area contributed by atoms with Gasteiger partial charge in [-0.15, -0.1) is 0 Å². The summed E-state index contributed by atoms with van der Waals surface area (Å²) in [4.78, 5) is 12.7. The molecule has 2 N–H and O–H groups in total. The zero-order valence-electron chi connectivity index (χ0n) is 16.1. The molecular formula is C20H23ClN2O5S. The number of hydrogen-bond acceptors (Lipinski definition) is 5. The molecule has 2 atom stereocenters. The highest BCUT2D eigenvalue weighted by atomic mass is 35.5. The van der Waals surface area contributed by atoms with Gasteiger partial charge >= 0.3 is 0 Å². The van der Waals surface area contributed by atoms with E-state index in [1.165, 1.54) is 19.2 Å². The molecule has 1 aliphatic rings. The van der Waals surface area contributed by atoms with Crippen molar-refractivity contribution in [3.05, 3.63) is 53.1 Å². The standard InChI is InChI=1S/C20H23ClN2O5S/c1-13(11-27-2)23-29(25,26)18-6-4-17(5-7-18)22-20(24)15-9-14-10-16(21)3-8-19(14)28-12-15/h3-8,10,13,15,23H,9,11-12H2,1-2H3,(H,22,24)/t13-,15-/m1/s1. The molecule has 2 aromatic carbocycles. The molecule has 0 unspecified atom stereocenters. The molecule has 0 aliphatic carbocycles. The van der Waals surface area contributed by atoms with Crippen molar-refractivity contribution >= 4 is 33.2 Å². The summed E-state index contributed by atoms with van der Waals surface area (Å²) in [6.07, 6.45) is 0.523. The number of halogens is 1. The van der Waals surface area contributed by atoms with E-state index in [9.17, 15) is 13.2 Å². The molecule has 0 saturated heterocycles. The molecule has 0 aromatic heterocycles. The molecule has 1 heterocycles. The van der Waals surface area contributed by atoms with Gasteiger partial charge < -0.3 is 14.8 Å². The Morgan fingerprint density at radius 2 is 2.00 bits per heavy atom. The van der Waals surface area contributed by atoms with E-state index in [0.29, 0.717) is 17.1 Å². The smallest absolute Gasteiger partial charge is 0.240 e. The normalized spacial score (nSPS) is 17.1. The van der Waals surface area contributed by atoms with E-state index in [1.807, 2.05) is 0 Å². The fraction of sp³-hybridized carbons (Fsp3) is 0.350. The van der Waals surface area contributed by atoms with Gasteiger partial charge in [-0.2, -0.15) is 0 Å². The topological polar surface area (TPSA) is 93.7 Å². The van der Waals surface area contributed by atoms with Gasteiger partial charge in [0.25, 0.3) is 0 Å². The predicted octanol–water partition coefficient (Wildman–Crippen LogP) is 2.84. The maximum absolute atomic E-state index is 12.6. The lowest BCUT2D eigenvalue weighted by molar-refractivity contribution is -0.121. The van der Waals surface area contributed by atoms with Crippen molar-refractivity contribution in [3.63, 3.8) is 0 Å². The van der Waals surface area contributed by atoms with Crippen molar-refractivity contribution in [1.82, 2.24) is 4.72 Å². The van der Waals surface area contributed by atoms with Crippen molar-refractivity contribution in [3.8, 4) is 5.75 Å². The quantitative estimate of drug-likeness (QED) is 0.693. The van der Waals surface area contributed by atoms with Crippen LogP contribution < -0.4 is 14.8 Å². The van der Waals surface area contributed by atoms with Crippen LogP contribution >= 0.6 is 11.6 Å². The largest absolute Gasteiger partial charge is 0.492 e. The number of fused-ring (bicyclic) bond motifs is 1. The second-order valence-electron chi connectivity index (χ2n) is 6.96. The first kappa shape index (κ1) is 21.6. The Bertz CT molecular complexity index is 979. The third-order valence-electron chi connectivity index (χ3n) is 4.50. The summed E-state index contributed by atoms with van der Waals surface area (Å²) in [5, 5.41) is 3.41. The number of carbonyl (C=O) groups excluding carboxylic acids is 1. The van der Waals surface area contributed by atoms with Gasteiger partial charge in [0.05, 0.1) is 17.4 Å². The van der Waals surface area contributed by atoms with Crippen LogP contribution in [-0.2, 0) is 26.0 Å². The molecule has 156 valence electrons. The number of rotatable bonds is 7. The van der Waals surface area contributed by atoms with E-state index in [0.717, 1.165) is 11.3 Å². The van der Waals surface area contributed by atoms with Crippen LogP contribution in [0.1, 0.15) is 12.5 Å². The summed E-state index contributed by atoms with van der Waals surface area (Å²) < 4.78 is 37.9. The lowest BCUT2D eigenvalue weighted by Crippen LogP contribution is -2.35. The number of sulfonamides is 1. The van der Waals surface area contributed by atoms with Crippen molar-refractivity contribution in [2.75, 3.05) is 25.6 Å². The predicted molar refractivity (Wildman–Crippen MR) is 111 cm³/mol. The third-order valence-corrected chi connectivity index (χ3v) is 6.35. The van der Waals surface area contributed by atoms with Gasteiger partial charge in [0.2, 0.25) is 15.9 Å². The molecule has 2 aromatic rings. The van der Waals surface area contributed by atoms with Crippen LogP contribution in [-0.4, -0.2) is 40.7 Å². The fourth-order valence-corrected chi connectivity index (χ4v) is 4.53. The average Bonchev–Trinajstić information content (AvgIpc) is 2.67. The van der Waals surface area contributed by atoms with Gasteiger partial charge in [-0.1, -0.05) is 11.6 Å². The SMILES string of the molecule is COC[C@@H](C)NS(=O)(=O)c1ccc(NC(=O)[C@H]2COc3ccc(Cl)cc3C2)cc1. The number of amides is 1. The minimum absolute atomic E-state index is 0.114. The lowest BCUT2D eigenvalue weighted by atomic mass is 9.96. The maximum Gasteiger partial charge on any atom is 0.240 e. The molecule has 1 aliphatic heterocycles. The van der Waals surface area contributed by atoms with Gasteiger partial charge in [-0.3, -0.25) is 4.79 Å². The zero-order valence-corrected chi connectivity index (χ0v) is 17.7. The van der Waals surface area contributed by atoms with E-state index < -0.39 is 10.0 Å². The molecule has 29 heavy (non-hydrogen) atoms. The van der Waals surface area contributed by atoms with Crippen LogP contribution in [0.2, 0.25) is 5.02 Å². The Balaban J connectivity index is 1.63. The number of benzene rings is 2. The summed E-state index contributed by atoms with van der Waals surface area (Å²) in [6.45, 7) is 2.26. The molecule has 0 spiro atoms. The van der Waals surface area contributed by atoms with Crippen molar-refractivity contribution in [1.29, 1.82) is 0 Å². The molecular weight excluding hydrogens is 416 g/mol. The van der Waals surface area contributed by atoms with Crippen LogP contribution in [0.5, 0.6) is 5.75 Å². The first-order chi connectivity index (χ1) is 13.8. The number of carbonyl (C=O) groups is 1. The molecule has 0 fully saturated rings. The number of hydrogen-bond donors (Lipinski definition) is 2. The minimum Gasteiger partial charge on any atom is -0.492 e. The number of anilines is 1. The highest BCUT2D eigenvalue weighted by molar-refractivity contribution is 7.89. The molecule has 0 bridgehead atoms. The zero-order chi connectivity index (χ0) is 21.0. The Hall–Kier alpha value is -2.13. The van der Waals surface area contributed by atoms with Crippen LogP contribution in [0.4, 0.5) is 5.69 Å². The van der Waals surface area contributed by atoms with Gasteiger partial charge in [0.15, 0.2) is 0 Å². The summed E-state index contributed by atoms with van der Waals surface area (Å²) in [6, 6.07) is 11.0. The monoisotopic (exact) mass is 438 g/mol. The summed E-state index contributed by atoms with van der Waals surface area (Å²) in [5.74, 6) is 0.183. The minimum atomic E-state index is -3.66. The number of methoxy groups -OCH3 is 1. The highest BCUT2D eigenvalue weighted by Crippen LogP contribution is 2.30. The van der Waals surface area contributed by atoms with Crippen LogP contribution in [0.15, 0.2) is 47.4 Å². The first-order valence-corrected chi connectivity index (χ1v) is 11.0.